The Bertz CT molecular complexity index is 892. The second kappa shape index (κ2) is 8.25. The van der Waals surface area contributed by atoms with E-state index in [4.69, 9.17) is 10.5 Å². The molecule has 176 valence electrons. The quantitative estimate of drug-likeness (QED) is 0.751. The highest BCUT2D eigenvalue weighted by molar-refractivity contribution is 5.94. The maximum absolute atomic E-state index is 12.6. The molecule has 32 heavy (non-hydrogen) atoms. The van der Waals surface area contributed by atoms with Crippen molar-refractivity contribution in [1.82, 2.24) is 4.90 Å². The lowest BCUT2D eigenvalue weighted by Gasteiger charge is -2.45. The van der Waals surface area contributed by atoms with Crippen molar-refractivity contribution in [3.05, 3.63) is 23.8 Å². The van der Waals surface area contributed by atoms with Gasteiger partial charge < -0.3 is 25.2 Å². The second-order valence-electron chi connectivity index (χ2n) is 10.8. The van der Waals surface area contributed by atoms with Crippen LogP contribution in [0, 0.1) is 11.8 Å². The van der Waals surface area contributed by atoms with Gasteiger partial charge in [-0.2, -0.15) is 0 Å². The number of rotatable bonds is 2. The average molecular weight is 443 g/mol. The number of fused-ring (bicyclic) bond motifs is 1. The molecule has 4 atom stereocenters. The van der Waals surface area contributed by atoms with Crippen molar-refractivity contribution < 1.29 is 14.3 Å². The minimum Gasteiger partial charge on any atom is -0.444 e. The molecule has 4 rings (SSSR count). The van der Waals surface area contributed by atoms with Crippen LogP contribution >= 0.6 is 0 Å². The molecule has 7 nitrogen and oxygen atoms in total. The van der Waals surface area contributed by atoms with Crippen molar-refractivity contribution in [3.63, 3.8) is 0 Å². The molecule has 0 bridgehead atoms. The first kappa shape index (κ1) is 22.9. The van der Waals surface area contributed by atoms with Crippen LogP contribution in [0.1, 0.15) is 66.0 Å². The summed E-state index contributed by atoms with van der Waals surface area (Å²) in [5.74, 6) is 0.876. The lowest BCUT2D eigenvalue weighted by molar-refractivity contribution is -0.117. The maximum atomic E-state index is 12.6. The summed E-state index contributed by atoms with van der Waals surface area (Å²) in [4.78, 5) is 31.3. The number of nitrogens with zero attached hydrogens (tertiary/aromatic N) is 3. The number of hydrogen-bond acceptors (Lipinski definition) is 5. The molecule has 1 aromatic carbocycles. The fourth-order valence-electron chi connectivity index (χ4n) is 5.36. The Kier molecular flexibility index (Phi) is 5.90. The van der Waals surface area contributed by atoms with Gasteiger partial charge in [0.05, 0.1) is 0 Å². The predicted octanol–water partition coefficient (Wildman–Crippen LogP) is 3.91. The lowest BCUT2D eigenvalue weighted by Crippen LogP contribution is -2.55. The summed E-state index contributed by atoms with van der Waals surface area (Å²) >= 11 is 0. The van der Waals surface area contributed by atoms with Crippen LogP contribution < -0.4 is 15.5 Å². The number of carbonyl (C=O) groups is 2. The second-order valence-corrected chi connectivity index (χ2v) is 10.8. The van der Waals surface area contributed by atoms with E-state index in [-0.39, 0.29) is 36.0 Å². The summed E-state index contributed by atoms with van der Waals surface area (Å²) in [5.41, 5.74) is 9.33. The van der Waals surface area contributed by atoms with E-state index in [2.05, 4.69) is 36.9 Å². The summed E-state index contributed by atoms with van der Waals surface area (Å²) < 4.78 is 5.57. The molecule has 3 aliphatic rings. The zero-order valence-corrected chi connectivity index (χ0v) is 20.3. The highest BCUT2D eigenvalue weighted by Crippen LogP contribution is 2.49. The largest absolute Gasteiger partial charge is 0.444 e. The Morgan fingerprint density at radius 3 is 2.38 bits per heavy atom. The molecular weight excluding hydrogens is 404 g/mol. The average Bonchev–Trinajstić information content (AvgIpc) is 3.53. The number of piperazine rings is 1. The van der Waals surface area contributed by atoms with E-state index in [1.54, 1.807) is 6.92 Å². The maximum Gasteiger partial charge on any atom is 0.410 e. The molecule has 1 aliphatic carbocycles. The monoisotopic (exact) mass is 442 g/mol. The number of nitrogens with two attached hydrogens (primary N) is 1. The summed E-state index contributed by atoms with van der Waals surface area (Å²) in [6.45, 7) is 13.6. The number of carbonyl (C=O) groups excluding carboxylic acids is 2. The van der Waals surface area contributed by atoms with Gasteiger partial charge in [-0.1, -0.05) is 6.92 Å². The number of amides is 2. The van der Waals surface area contributed by atoms with Gasteiger partial charge in [-0.3, -0.25) is 4.79 Å². The third-order valence-corrected chi connectivity index (χ3v) is 7.10. The predicted molar refractivity (Wildman–Crippen MR) is 127 cm³/mol. The van der Waals surface area contributed by atoms with Gasteiger partial charge >= 0.3 is 6.09 Å². The van der Waals surface area contributed by atoms with E-state index >= 15 is 0 Å². The Morgan fingerprint density at radius 1 is 1.12 bits per heavy atom. The molecule has 0 radical (unpaired) electrons. The first-order valence-electron chi connectivity index (χ1n) is 11.9. The molecule has 2 N–H and O–H groups in total. The van der Waals surface area contributed by atoms with Crippen molar-refractivity contribution >= 4 is 23.4 Å². The van der Waals surface area contributed by atoms with Crippen LogP contribution in [0.3, 0.4) is 0 Å². The normalized spacial score (nSPS) is 28.4. The number of hydrogen-bond donors (Lipinski definition) is 1. The van der Waals surface area contributed by atoms with Gasteiger partial charge in [0.2, 0.25) is 5.91 Å². The Morgan fingerprint density at radius 2 is 1.81 bits per heavy atom. The van der Waals surface area contributed by atoms with Crippen LogP contribution in [0.4, 0.5) is 16.2 Å². The van der Waals surface area contributed by atoms with Gasteiger partial charge in [-0.05, 0) is 76.1 Å². The van der Waals surface area contributed by atoms with Crippen LogP contribution in [0.15, 0.2) is 18.2 Å². The SMILES string of the molecule is CC(=O)N1c2ccc(N3CCN(C(=O)OC(C)(C)C)C(C)C3)cc2[C@H](N)[C@@H](C)[C@@H]1C1CC1. The number of ether oxygens (including phenoxy) is 1. The molecule has 1 aromatic rings. The van der Waals surface area contributed by atoms with Gasteiger partial charge in [0, 0.05) is 56.1 Å². The zero-order valence-electron chi connectivity index (χ0n) is 20.3. The molecule has 1 unspecified atom stereocenters. The van der Waals surface area contributed by atoms with Crippen molar-refractivity contribution in [2.75, 3.05) is 29.4 Å². The molecule has 0 spiro atoms. The third-order valence-electron chi connectivity index (χ3n) is 7.10. The van der Waals surface area contributed by atoms with Gasteiger partial charge in [0.15, 0.2) is 0 Å². The van der Waals surface area contributed by atoms with Gasteiger partial charge in [0.25, 0.3) is 0 Å². The molecule has 2 heterocycles. The summed E-state index contributed by atoms with van der Waals surface area (Å²) in [5, 5.41) is 0. The topological polar surface area (TPSA) is 79.1 Å². The Labute approximate surface area is 191 Å². The molecular formula is C25H38N4O3. The Balaban J connectivity index is 1.55. The smallest absolute Gasteiger partial charge is 0.410 e. The molecule has 1 saturated heterocycles. The van der Waals surface area contributed by atoms with E-state index in [9.17, 15) is 9.59 Å². The lowest BCUT2D eigenvalue weighted by atomic mass is 9.80. The minimum atomic E-state index is -0.500. The molecule has 1 saturated carbocycles. The first-order chi connectivity index (χ1) is 15.0. The van der Waals surface area contributed by atoms with Crippen molar-refractivity contribution in [2.45, 2.75) is 78.1 Å². The zero-order chi connectivity index (χ0) is 23.4. The van der Waals surface area contributed by atoms with Crippen LogP contribution in [0.2, 0.25) is 0 Å². The van der Waals surface area contributed by atoms with Crippen LogP contribution in [0.5, 0.6) is 0 Å². The van der Waals surface area contributed by atoms with E-state index in [1.807, 2.05) is 30.6 Å². The fourth-order valence-corrected chi connectivity index (χ4v) is 5.36. The van der Waals surface area contributed by atoms with Crippen LogP contribution in [-0.2, 0) is 9.53 Å². The standard InChI is InChI=1S/C25H38N4O3/c1-15-14-27(11-12-28(15)24(31)32-25(4,5)6)19-9-10-21-20(13-19)22(26)16(2)23(18-7-8-18)29(21)17(3)30/h9-10,13,15-16,18,22-23H,7-8,11-12,14,26H2,1-6H3/t15?,16-,22-,23-/m1/s1. The van der Waals surface area contributed by atoms with Crippen molar-refractivity contribution in [1.29, 1.82) is 0 Å². The van der Waals surface area contributed by atoms with E-state index < -0.39 is 5.60 Å². The minimum absolute atomic E-state index is 0.0372. The molecule has 2 aliphatic heterocycles. The summed E-state index contributed by atoms with van der Waals surface area (Å²) in [6.07, 6.45) is 2.10. The van der Waals surface area contributed by atoms with Crippen molar-refractivity contribution in [3.8, 4) is 0 Å². The number of anilines is 2. The van der Waals surface area contributed by atoms with E-state index in [0.29, 0.717) is 12.5 Å². The van der Waals surface area contributed by atoms with Crippen LogP contribution in [-0.4, -0.2) is 54.2 Å². The van der Waals surface area contributed by atoms with Crippen molar-refractivity contribution in [2.24, 2.45) is 17.6 Å². The molecule has 2 fully saturated rings. The number of benzene rings is 1. The summed E-state index contributed by atoms with van der Waals surface area (Å²) in [6, 6.07) is 6.46. The van der Waals surface area contributed by atoms with E-state index in [0.717, 1.165) is 30.0 Å². The summed E-state index contributed by atoms with van der Waals surface area (Å²) in [7, 11) is 0. The highest BCUT2D eigenvalue weighted by Gasteiger charge is 2.46. The molecule has 7 heteroatoms. The van der Waals surface area contributed by atoms with Gasteiger partial charge in [-0.15, -0.1) is 0 Å². The molecule has 2 amide bonds. The highest BCUT2D eigenvalue weighted by atomic mass is 16.6. The van der Waals surface area contributed by atoms with Crippen LogP contribution in [0.25, 0.3) is 0 Å². The molecule has 0 aromatic heterocycles. The van der Waals surface area contributed by atoms with Gasteiger partial charge in [0.1, 0.15) is 5.60 Å². The van der Waals surface area contributed by atoms with Gasteiger partial charge in [-0.25, -0.2) is 4.79 Å². The first-order valence-corrected chi connectivity index (χ1v) is 11.9. The fraction of sp³-hybridized carbons (Fsp3) is 0.680. The third kappa shape index (κ3) is 4.32. The Hall–Kier alpha value is -2.28. The van der Waals surface area contributed by atoms with E-state index in [1.165, 1.54) is 12.8 Å².